The van der Waals surface area contributed by atoms with Crippen LogP contribution in [0.2, 0.25) is 0 Å². The molecule has 124 valence electrons. The standard InChI is InChI=1S/C18H25N3O2/c1-13-7-5-6-10-21(13)17(22)14(2)19-18(23)20-11-15-8-3-4-9-16(15)12-20/h3-4,8-9,13-14H,5-7,10-12H2,1-2H3,(H,19,23)/t13-,14-/m0/s1. The number of fused-ring (bicyclic) bond motifs is 1. The van der Waals surface area contributed by atoms with E-state index >= 15 is 0 Å². The van der Waals surface area contributed by atoms with Crippen molar-refractivity contribution < 1.29 is 9.59 Å². The number of piperidine rings is 1. The van der Waals surface area contributed by atoms with Gasteiger partial charge in [0.05, 0.1) is 0 Å². The molecule has 1 aromatic rings. The Kier molecular flexibility index (Phi) is 4.55. The monoisotopic (exact) mass is 315 g/mol. The van der Waals surface area contributed by atoms with E-state index in [1.54, 1.807) is 11.8 Å². The molecule has 1 aromatic carbocycles. The van der Waals surface area contributed by atoms with Gasteiger partial charge in [0.1, 0.15) is 6.04 Å². The second-order valence-corrected chi connectivity index (χ2v) is 6.67. The third-order valence-corrected chi connectivity index (χ3v) is 4.92. The molecule has 0 bridgehead atoms. The largest absolute Gasteiger partial charge is 0.338 e. The van der Waals surface area contributed by atoms with E-state index in [2.05, 4.69) is 12.2 Å². The smallest absolute Gasteiger partial charge is 0.318 e. The first-order chi connectivity index (χ1) is 11.1. The first-order valence-corrected chi connectivity index (χ1v) is 8.49. The number of hydrogen-bond acceptors (Lipinski definition) is 2. The fourth-order valence-corrected chi connectivity index (χ4v) is 3.49. The van der Waals surface area contributed by atoms with Gasteiger partial charge in [-0.05, 0) is 44.2 Å². The zero-order valence-corrected chi connectivity index (χ0v) is 13.9. The lowest BCUT2D eigenvalue weighted by atomic mass is 10.0. The van der Waals surface area contributed by atoms with Gasteiger partial charge in [0.2, 0.25) is 5.91 Å². The predicted molar refractivity (Wildman–Crippen MR) is 88.7 cm³/mol. The summed E-state index contributed by atoms with van der Waals surface area (Å²) in [4.78, 5) is 28.7. The summed E-state index contributed by atoms with van der Waals surface area (Å²) in [6, 6.07) is 7.71. The van der Waals surface area contributed by atoms with Crippen LogP contribution in [0.25, 0.3) is 0 Å². The summed E-state index contributed by atoms with van der Waals surface area (Å²) in [5, 5.41) is 2.87. The van der Waals surface area contributed by atoms with E-state index in [9.17, 15) is 9.59 Å². The van der Waals surface area contributed by atoms with E-state index in [1.165, 1.54) is 17.5 Å². The molecule has 0 aliphatic carbocycles. The van der Waals surface area contributed by atoms with Gasteiger partial charge in [-0.1, -0.05) is 24.3 Å². The third kappa shape index (κ3) is 3.33. The molecule has 1 N–H and O–H groups in total. The molecule has 0 spiro atoms. The second kappa shape index (κ2) is 6.60. The molecule has 1 fully saturated rings. The van der Waals surface area contributed by atoms with Gasteiger partial charge in [0.15, 0.2) is 0 Å². The van der Waals surface area contributed by atoms with Crippen molar-refractivity contribution in [3.8, 4) is 0 Å². The minimum absolute atomic E-state index is 0.0299. The van der Waals surface area contributed by atoms with E-state index in [1.807, 2.05) is 29.2 Å². The molecule has 0 saturated carbocycles. The number of urea groups is 1. The number of benzene rings is 1. The number of hydrogen-bond donors (Lipinski definition) is 1. The van der Waals surface area contributed by atoms with E-state index in [0.29, 0.717) is 13.1 Å². The van der Waals surface area contributed by atoms with E-state index < -0.39 is 6.04 Å². The minimum Gasteiger partial charge on any atom is -0.338 e. The molecule has 0 radical (unpaired) electrons. The van der Waals surface area contributed by atoms with Crippen molar-refractivity contribution in [2.45, 2.75) is 58.3 Å². The summed E-state index contributed by atoms with van der Waals surface area (Å²) >= 11 is 0. The molecule has 5 nitrogen and oxygen atoms in total. The third-order valence-electron chi connectivity index (χ3n) is 4.92. The van der Waals surface area contributed by atoms with Crippen LogP contribution in [0.5, 0.6) is 0 Å². The lowest BCUT2D eigenvalue weighted by molar-refractivity contribution is -0.136. The lowest BCUT2D eigenvalue weighted by Crippen LogP contribution is -2.53. The van der Waals surface area contributed by atoms with Crippen LogP contribution in [0.1, 0.15) is 44.2 Å². The molecule has 2 aliphatic heterocycles. The Morgan fingerprint density at radius 1 is 1.17 bits per heavy atom. The Morgan fingerprint density at radius 2 is 1.83 bits per heavy atom. The average Bonchev–Trinajstić information content (AvgIpc) is 2.99. The van der Waals surface area contributed by atoms with Crippen LogP contribution in [-0.4, -0.2) is 40.4 Å². The molecule has 2 aliphatic rings. The number of rotatable bonds is 2. The van der Waals surface area contributed by atoms with Gasteiger partial charge in [0.25, 0.3) is 0 Å². The highest BCUT2D eigenvalue weighted by atomic mass is 16.2. The molecule has 0 unspecified atom stereocenters. The molecule has 0 aromatic heterocycles. The molecule has 5 heteroatoms. The number of likely N-dealkylation sites (tertiary alicyclic amines) is 1. The zero-order chi connectivity index (χ0) is 16.4. The zero-order valence-electron chi connectivity index (χ0n) is 13.9. The molecule has 3 amide bonds. The molecule has 2 atom stereocenters. The Morgan fingerprint density at radius 3 is 2.43 bits per heavy atom. The van der Waals surface area contributed by atoms with E-state index in [-0.39, 0.29) is 18.0 Å². The Balaban J connectivity index is 1.57. The Bertz CT molecular complexity index is 577. The molecule has 2 heterocycles. The van der Waals surface area contributed by atoms with Crippen LogP contribution in [0.3, 0.4) is 0 Å². The van der Waals surface area contributed by atoms with Gasteiger partial charge in [0, 0.05) is 25.7 Å². The van der Waals surface area contributed by atoms with Gasteiger partial charge in [-0.3, -0.25) is 4.79 Å². The second-order valence-electron chi connectivity index (χ2n) is 6.67. The summed E-state index contributed by atoms with van der Waals surface area (Å²) in [6.45, 7) is 5.90. The van der Waals surface area contributed by atoms with E-state index in [4.69, 9.17) is 0 Å². The summed E-state index contributed by atoms with van der Waals surface area (Å²) in [6.07, 6.45) is 3.28. The molecular weight excluding hydrogens is 290 g/mol. The number of carbonyl (C=O) groups excluding carboxylic acids is 2. The van der Waals surface area contributed by atoms with Crippen molar-refractivity contribution in [2.24, 2.45) is 0 Å². The van der Waals surface area contributed by atoms with Gasteiger partial charge in [-0.15, -0.1) is 0 Å². The maximum Gasteiger partial charge on any atom is 0.318 e. The van der Waals surface area contributed by atoms with Crippen molar-refractivity contribution in [3.05, 3.63) is 35.4 Å². The summed E-state index contributed by atoms with van der Waals surface area (Å²) in [5.41, 5.74) is 2.37. The Hall–Kier alpha value is -2.04. The number of nitrogens with zero attached hydrogens (tertiary/aromatic N) is 2. The number of nitrogens with one attached hydrogen (secondary N) is 1. The van der Waals surface area contributed by atoms with E-state index in [0.717, 1.165) is 19.4 Å². The van der Waals surface area contributed by atoms with Crippen molar-refractivity contribution in [1.29, 1.82) is 0 Å². The van der Waals surface area contributed by atoms with Gasteiger partial charge in [-0.25, -0.2) is 4.79 Å². The topological polar surface area (TPSA) is 52.7 Å². The highest BCUT2D eigenvalue weighted by Gasteiger charge is 2.30. The average molecular weight is 315 g/mol. The van der Waals surface area contributed by atoms with Crippen molar-refractivity contribution in [2.75, 3.05) is 6.54 Å². The summed E-state index contributed by atoms with van der Waals surface area (Å²) in [5.74, 6) is 0.0299. The molecule has 23 heavy (non-hydrogen) atoms. The maximum atomic E-state index is 12.6. The summed E-state index contributed by atoms with van der Waals surface area (Å²) in [7, 11) is 0. The van der Waals surface area contributed by atoms with Crippen LogP contribution >= 0.6 is 0 Å². The number of carbonyl (C=O) groups is 2. The highest BCUT2D eigenvalue weighted by Crippen LogP contribution is 2.22. The quantitative estimate of drug-likeness (QED) is 0.911. The predicted octanol–water partition coefficient (Wildman–Crippen LogP) is 2.50. The van der Waals surface area contributed by atoms with Crippen molar-refractivity contribution >= 4 is 11.9 Å². The van der Waals surface area contributed by atoms with Crippen molar-refractivity contribution in [1.82, 2.24) is 15.1 Å². The molecular formula is C18H25N3O2. The fourth-order valence-electron chi connectivity index (χ4n) is 3.49. The van der Waals surface area contributed by atoms with Crippen LogP contribution < -0.4 is 5.32 Å². The van der Waals surface area contributed by atoms with Crippen molar-refractivity contribution in [3.63, 3.8) is 0 Å². The lowest BCUT2D eigenvalue weighted by Gasteiger charge is -2.35. The summed E-state index contributed by atoms with van der Waals surface area (Å²) < 4.78 is 0. The minimum atomic E-state index is -0.480. The maximum absolute atomic E-state index is 12.6. The van der Waals surface area contributed by atoms with Crippen LogP contribution in [0.4, 0.5) is 4.79 Å². The van der Waals surface area contributed by atoms with Crippen LogP contribution in [0, 0.1) is 0 Å². The number of amides is 3. The normalized spacial score (nSPS) is 21.7. The first kappa shape index (κ1) is 15.8. The SMILES string of the molecule is C[C@H](NC(=O)N1Cc2ccccc2C1)C(=O)N1CCCC[C@@H]1C. The van der Waals surface area contributed by atoms with Gasteiger partial charge in [-0.2, -0.15) is 0 Å². The molecule has 3 rings (SSSR count). The van der Waals surface area contributed by atoms with Gasteiger partial charge >= 0.3 is 6.03 Å². The molecule has 1 saturated heterocycles. The highest BCUT2D eigenvalue weighted by molar-refractivity contribution is 5.87. The fraction of sp³-hybridized carbons (Fsp3) is 0.556. The van der Waals surface area contributed by atoms with Crippen LogP contribution in [0.15, 0.2) is 24.3 Å². The first-order valence-electron chi connectivity index (χ1n) is 8.49. The van der Waals surface area contributed by atoms with Crippen LogP contribution in [-0.2, 0) is 17.9 Å². The Labute approximate surface area is 137 Å². The van der Waals surface area contributed by atoms with Gasteiger partial charge < -0.3 is 15.1 Å².